The van der Waals surface area contributed by atoms with E-state index in [1.807, 2.05) is 17.5 Å². The Morgan fingerprint density at radius 2 is 2.17 bits per heavy atom. The SMILES string of the molecule is Cc1ccc2c(c1)CCCN2[C@H](C)c1nnc(-c2cccs2)o1. The fraction of sp³-hybridized carbons (Fsp3) is 0.333. The van der Waals surface area contributed by atoms with E-state index in [0.717, 1.165) is 24.3 Å². The van der Waals surface area contributed by atoms with Gasteiger partial charge in [-0.15, -0.1) is 21.5 Å². The molecule has 3 aromatic rings. The first-order chi connectivity index (χ1) is 11.2. The number of hydrogen-bond donors (Lipinski definition) is 0. The standard InChI is InChI=1S/C18H19N3OS/c1-12-7-8-15-14(11-12)5-3-9-21(15)13(2)17-19-20-18(22-17)16-6-4-10-23-16/h4,6-8,10-11,13H,3,5,9H2,1-2H3/t13-/m1/s1. The van der Waals surface area contributed by atoms with Crippen molar-refractivity contribution in [1.29, 1.82) is 0 Å². The molecule has 3 heterocycles. The second kappa shape index (κ2) is 5.81. The summed E-state index contributed by atoms with van der Waals surface area (Å²) in [4.78, 5) is 3.40. The normalized spacial score (nSPS) is 15.5. The summed E-state index contributed by atoms with van der Waals surface area (Å²) in [6.07, 6.45) is 2.30. The van der Waals surface area contributed by atoms with Crippen molar-refractivity contribution in [2.45, 2.75) is 32.7 Å². The summed E-state index contributed by atoms with van der Waals surface area (Å²) in [6, 6.07) is 10.8. The van der Waals surface area contributed by atoms with Crippen LogP contribution in [0.5, 0.6) is 0 Å². The van der Waals surface area contributed by atoms with E-state index in [9.17, 15) is 0 Å². The molecule has 0 fully saturated rings. The maximum Gasteiger partial charge on any atom is 0.257 e. The molecule has 5 heteroatoms. The Kier molecular flexibility index (Phi) is 3.65. The molecule has 4 rings (SSSR count). The fourth-order valence-electron chi connectivity index (χ4n) is 3.19. The van der Waals surface area contributed by atoms with E-state index in [0.29, 0.717) is 11.8 Å². The summed E-state index contributed by atoms with van der Waals surface area (Å²) in [5, 5.41) is 10.5. The maximum atomic E-state index is 5.93. The van der Waals surface area contributed by atoms with Gasteiger partial charge in [0.25, 0.3) is 5.89 Å². The molecule has 0 amide bonds. The summed E-state index contributed by atoms with van der Waals surface area (Å²) in [5.41, 5.74) is 4.03. The van der Waals surface area contributed by atoms with E-state index in [1.165, 1.54) is 16.8 Å². The van der Waals surface area contributed by atoms with Crippen LogP contribution in [0, 0.1) is 6.92 Å². The van der Waals surface area contributed by atoms with Gasteiger partial charge in [-0.25, -0.2) is 0 Å². The molecule has 0 radical (unpaired) electrons. The van der Waals surface area contributed by atoms with Crippen LogP contribution < -0.4 is 4.90 Å². The van der Waals surface area contributed by atoms with Gasteiger partial charge in [-0.05, 0) is 49.8 Å². The molecule has 1 aliphatic heterocycles. The number of anilines is 1. The number of hydrogen-bond acceptors (Lipinski definition) is 5. The minimum Gasteiger partial charge on any atom is -0.418 e. The van der Waals surface area contributed by atoms with Crippen LogP contribution in [0.2, 0.25) is 0 Å². The zero-order valence-electron chi connectivity index (χ0n) is 13.3. The predicted molar refractivity (Wildman–Crippen MR) is 92.9 cm³/mol. The van der Waals surface area contributed by atoms with Crippen molar-refractivity contribution >= 4 is 17.0 Å². The first-order valence-electron chi connectivity index (χ1n) is 7.96. The van der Waals surface area contributed by atoms with E-state index < -0.39 is 0 Å². The molecular weight excluding hydrogens is 306 g/mol. The number of aromatic nitrogens is 2. The molecule has 118 valence electrons. The molecule has 1 aliphatic rings. The lowest BCUT2D eigenvalue weighted by Crippen LogP contribution is -2.32. The summed E-state index contributed by atoms with van der Waals surface area (Å²) >= 11 is 1.62. The van der Waals surface area contributed by atoms with Crippen LogP contribution in [0.4, 0.5) is 5.69 Å². The third kappa shape index (κ3) is 2.65. The lowest BCUT2D eigenvalue weighted by Gasteiger charge is -2.34. The second-order valence-electron chi connectivity index (χ2n) is 6.03. The Morgan fingerprint density at radius 3 is 3.00 bits per heavy atom. The van der Waals surface area contributed by atoms with Crippen molar-refractivity contribution in [2.75, 3.05) is 11.4 Å². The van der Waals surface area contributed by atoms with Crippen LogP contribution in [0.15, 0.2) is 40.1 Å². The molecule has 1 aromatic carbocycles. The summed E-state index contributed by atoms with van der Waals surface area (Å²) in [7, 11) is 0. The molecule has 0 aliphatic carbocycles. The van der Waals surface area contributed by atoms with Crippen molar-refractivity contribution in [1.82, 2.24) is 10.2 Å². The highest BCUT2D eigenvalue weighted by Gasteiger charge is 2.26. The van der Waals surface area contributed by atoms with Crippen LogP contribution in [-0.2, 0) is 6.42 Å². The van der Waals surface area contributed by atoms with E-state index >= 15 is 0 Å². The van der Waals surface area contributed by atoms with Crippen LogP contribution in [0.3, 0.4) is 0 Å². The number of rotatable bonds is 3. The Bertz CT molecular complexity index is 810. The highest BCUT2D eigenvalue weighted by molar-refractivity contribution is 7.13. The first-order valence-corrected chi connectivity index (χ1v) is 8.84. The zero-order chi connectivity index (χ0) is 15.8. The van der Waals surface area contributed by atoms with E-state index in [-0.39, 0.29) is 6.04 Å². The lowest BCUT2D eigenvalue weighted by molar-refractivity contribution is 0.449. The molecule has 0 saturated carbocycles. The van der Waals surface area contributed by atoms with Crippen LogP contribution in [0.25, 0.3) is 10.8 Å². The van der Waals surface area contributed by atoms with Crippen molar-refractivity contribution in [3.05, 3.63) is 52.7 Å². The second-order valence-corrected chi connectivity index (χ2v) is 6.98. The Hall–Kier alpha value is -2.14. The highest BCUT2D eigenvalue weighted by Crippen LogP contribution is 2.35. The minimum absolute atomic E-state index is 0.0815. The average molecular weight is 325 g/mol. The molecule has 1 atom stereocenters. The van der Waals surface area contributed by atoms with Gasteiger partial charge in [-0.2, -0.15) is 0 Å². The van der Waals surface area contributed by atoms with Crippen LogP contribution in [0.1, 0.15) is 36.4 Å². The van der Waals surface area contributed by atoms with Crippen molar-refractivity contribution in [3.63, 3.8) is 0 Å². The third-order valence-corrected chi connectivity index (χ3v) is 5.24. The third-order valence-electron chi connectivity index (χ3n) is 4.39. The summed E-state index contributed by atoms with van der Waals surface area (Å²) < 4.78 is 5.93. The number of nitrogens with zero attached hydrogens (tertiary/aromatic N) is 3. The molecule has 23 heavy (non-hydrogen) atoms. The van der Waals surface area contributed by atoms with E-state index in [2.05, 4.69) is 47.1 Å². The molecule has 0 spiro atoms. The van der Waals surface area contributed by atoms with Gasteiger partial charge in [0.15, 0.2) is 0 Å². The number of benzene rings is 1. The van der Waals surface area contributed by atoms with E-state index in [4.69, 9.17) is 4.42 Å². The van der Waals surface area contributed by atoms with Gasteiger partial charge in [0.05, 0.1) is 4.88 Å². The van der Waals surface area contributed by atoms with Crippen molar-refractivity contribution < 1.29 is 4.42 Å². The maximum absolute atomic E-state index is 5.93. The molecule has 2 aromatic heterocycles. The highest BCUT2D eigenvalue weighted by atomic mass is 32.1. The molecule has 0 saturated heterocycles. The van der Waals surface area contributed by atoms with Gasteiger partial charge in [0.1, 0.15) is 6.04 Å². The molecule has 0 bridgehead atoms. The van der Waals surface area contributed by atoms with Crippen molar-refractivity contribution in [3.8, 4) is 10.8 Å². The fourth-order valence-corrected chi connectivity index (χ4v) is 3.84. The first kappa shape index (κ1) is 14.5. The predicted octanol–water partition coefficient (Wildman–Crippen LogP) is 4.62. The quantitative estimate of drug-likeness (QED) is 0.704. The van der Waals surface area contributed by atoms with Gasteiger partial charge < -0.3 is 9.32 Å². The smallest absolute Gasteiger partial charge is 0.257 e. The number of thiophene rings is 1. The lowest BCUT2D eigenvalue weighted by atomic mass is 9.98. The minimum atomic E-state index is 0.0815. The molecule has 0 unspecified atom stereocenters. The topological polar surface area (TPSA) is 42.2 Å². The van der Waals surface area contributed by atoms with E-state index in [1.54, 1.807) is 11.3 Å². The summed E-state index contributed by atoms with van der Waals surface area (Å²) in [5.74, 6) is 1.30. The largest absolute Gasteiger partial charge is 0.418 e. The Morgan fingerprint density at radius 1 is 1.26 bits per heavy atom. The van der Waals surface area contributed by atoms with Gasteiger partial charge >= 0.3 is 0 Å². The summed E-state index contributed by atoms with van der Waals surface area (Å²) in [6.45, 7) is 5.31. The monoisotopic (exact) mass is 325 g/mol. The molecule has 4 nitrogen and oxygen atoms in total. The van der Waals surface area contributed by atoms with Crippen LogP contribution >= 0.6 is 11.3 Å². The Labute approximate surface area is 139 Å². The Balaban J connectivity index is 1.64. The number of aryl methyl sites for hydroxylation is 2. The molecule has 0 N–H and O–H groups in total. The van der Waals surface area contributed by atoms with Crippen LogP contribution in [-0.4, -0.2) is 16.7 Å². The number of fused-ring (bicyclic) bond motifs is 1. The van der Waals surface area contributed by atoms with Gasteiger partial charge in [0, 0.05) is 12.2 Å². The van der Waals surface area contributed by atoms with Gasteiger partial charge in [-0.3, -0.25) is 0 Å². The van der Waals surface area contributed by atoms with Gasteiger partial charge in [-0.1, -0.05) is 23.8 Å². The zero-order valence-corrected chi connectivity index (χ0v) is 14.1. The van der Waals surface area contributed by atoms with Gasteiger partial charge in [0.2, 0.25) is 5.89 Å². The molecular formula is C18H19N3OS. The van der Waals surface area contributed by atoms with Crippen molar-refractivity contribution in [2.24, 2.45) is 0 Å². The average Bonchev–Trinajstić information content (AvgIpc) is 3.24.